The molecule has 9 heteroatoms. The molecule has 1 aliphatic carbocycles. The molecule has 1 aliphatic rings. The van der Waals surface area contributed by atoms with Gasteiger partial charge < -0.3 is 10.4 Å². The molecule has 0 radical (unpaired) electrons. The van der Waals surface area contributed by atoms with Crippen molar-refractivity contribution < 1.29 is 19.1 Å². The zero-order valence-electron chi connectivity index (χ0n) is 13.4. The average molecular weight is 367 g/mol. The molecule has 1 heterocycles. The van der Waals surface area contributed by atoms with E-state index in [1.807, 2.05) is 0 Å². The summed E-state index contributed by atoms with van der Waals surface area (Å²) in [4.78, 5) is 23.7. The van der Waals surface area contributed by atoms with Crippen molar-refractivity contribution in [2.24, 2.45) is 5.92 Å². The molecule has 0 saturated heterocycles. The third-order valence-corrected chi connectivity index (χ3v) is 4.70. The van der Waals surface area contributed by atoms with Crippen LogP contribution in [0.1, 0.15) is 35.4 Å². The Labute approximate surface area is 147 Å². The van der Waals surface area contributed by atoms with Gasteiger partial charge in [-0.1, -0.05) is 23.2 Å². The van der Waals surface area contributed by atoms with Crippen LogP contribution in [-0.2, 0) is 4.79 Å². The maximum atomic E-state index is 13.3. The first-order valence-corrected chi connectivity index (χ1v) is 8.17. The third-order valence-electron chi connectivity index (χ3n) is 4.41. The lowest BCUT2D eigenvalue weighted by Crippen LogP contribution is -2.40. The minimum atomic E-state index is -0.913. The predicted octanol–water partition coefficient (Wildman–Crippen LogP) is 2.35. The van der Waals surface area contributed by atoms with E-state index < -0.39 is 29.7 Å². The Hall–Kier alpha value is -2.48. The molecule has 2 atom stereocenters. The van der Waals surface area contributed by atoms with Gasteiger partial charge in [-0.15, -0.1) is 5.10 Å². The van der Waals surface area contributed by atoms with E-state index in [0.717, 1.165) is 6.42 Å². The highest BCUT2D eigenvalue weighted by molar-refractivity contribution is 6.30. The number of rotatable bonds is 4. The van der Waals surface area contributed by atoms with E-state index in [2.05, 4.69) is 15.6 Å². The summed E-state index contributed by atoms with van der Waals surface area (Å²) in [5.74, 6) is -2.53. The molecule has 1 saturated carbocycles. The predicted molar refractivity (Wildman–Crippen MR) is 87.3 cm³/mol. The number of aromatic nitrogens is 3. The van der Waals surface area contributed by atoms with Crippen LogP contribution in [-0.4, -0.2) is 38.0 Å². The highest BCUT2D eigenvalue weighted by atomic mass is 35.5. The summed E-state index contributed by atoms with van der Waals surface area (Å²) in [6.07, 6.45) is 1.91. The van der Waals surface area contributed by atoms with Crippen LogP contribution in [0.3, 0.4) is 0 Å². The standard InChI is InChI=1S/C16H16ClFN4O3/c1-8-14(15(23)19-13-4-2-3-10(13)16(24)25)20-21-22(8)9-5-6-12(18)11(17)7-9/h5-7,10,13H,2-4H2,1H3,(H,19,23)(H,24,25)/t10-,13+/m0/s1. The number of hydrogen-bond acceptors (Lipinski definition) is 4. The molecule has 2 N–H and O–H groups in total. The van der Waals surface area contributed by atoms with Crippen molar-refractivity contribution in [2.75, 3.05) is 0 Å². The van der Waals surface area contributed by atoms with Crippen LogP contribution in [0, 0.1) is 18.7 Å². The van der Waals surface area contributed by atoms with Crippen molar-refractivity contribution >= 4 is 23.5 Å². The van der Waals surface area contributed by atoms with E-state index in [1.54, 1.807) is 6.92 Å². The highest BCUT2D eigenvalue weighted by Crippen LogP contribution is 2.26. The van der Waals surface area contributed by atoms with E-state index in [1.165, 1.54) is 22.9 Å². The van der Waals surface area contributed by atoms with Crippen molar-refractivity contribution in [3.8, 4) is 5.69 Å². The Morgan fingerprint density at radius 2 is 2.16 bits per heavy atom. The van der Waals surface area contributed by atoms with E-state index in [9.17, 15) is 19.1 Å². The molecule has 0 bridgehead atoms. The van der Waals surface area contributed by atoms with Gasteiger partial charge in [0.25, 0.3) is 5.91 Å². The third kappa shape index (κ3) is 3.34. The second kappa shape index (κ2) is 6.79. The van der Waals surface area contributed by atoms with Gasteiger partial charge >= 0.3 is 5.97 Å². The van der Waals surface area contributed by atoms with Crippen LogP contribution in [0.2, 0.25) is 5.02 Å². The molecule has 0 unspecified atom stereocenters. The first-order chi connectivity index (χ1) is 11.9. The van der Waals surface area contributed by atoms with Gasteiger partial charge in [-0.2, -0.15) is 0 Å². The zero-order valence-corrected chi connectivity index (χ0v) is 14.1. The Morgan fingerprint density at radius 1 is 1.40 bits per heavy atom. The smallest absolute Gasteiger partial charge is 0.308 e. The lowest BCUT2D eigenvalue weighted by atomic mass is 10.0. The molecule has 3 rings (SSSR count). The molecule has 1 fully saturated rings. The van der Waals surface area contributed by atoms with Crippen LogP contribution in [0.4, 0.5) is 4.39 Å². The van der Waals surface area contributed by atoms with Crippen molar-refractivity contribution in [1.29, 1.82) is 0 Å². The maximum Gasteiger partial charge on any atom is 0.308 e. The number of carbonyl (C=O) groups is 2. The van der Waals surface area contributed by atoms with Crippen LogP contribution >= 0.6 is 11.6 Å². The number of carbonyl (C=O) groups excluding carboxylic acids is 1. The summed E-state index contributed by atoms with van der Waals surface area (Å²) in [5.41, 5.74) is 1.02. The number of benzene rings is 1. The summed E-state index contributed by atoms with van der Waals surface area (Å²) in [6.45, 7) is 1.65. The van der Waals surface area contributed by atoms with Gasteiger partial charge in [-0.3, -0.25) is 9.59 Å². The fraction of sp³-hybridized carbons (Fsp3) is 0.375. The molecule has 0 aliphatic heterocycles. The second-order valence-corrected chi connectivity index (χ2v) is 6.40. The topological polar surface area (TPSA) is 97.1 Å². The number of halogens is 2. The number of nitrogens with zero attached hydrogens (tertiary/aromatic N) is 3. The Bertz CT molecular complexity index is 839. The van der Waals surface area contributed by atoms with Crippen LogP contribution in [0.15, 0.2) is 18.2 Å². The molecule has 25 heavy (non-hydrogen) atoms. The van der Waals surface area contributed by atoms with Gasteiger partial charge in [-0.05, 0) is 38.0 Å². The number of aliphatic carboxylic acids is 1. The van der Waals surface area contributed by atoms with E-state index in [4.69, 9.17) is 11.6 Å². The Morgan fingerprint density at radius 3 is 2.84 bits per heavy atom. The quantitative estimate of drug-likeness (QED) is 0.865. The molecule has 132 valence electrons. The Balaban J connectivity index is 1.82. The number of carboxylic acid groups (broad SMARTS) is 1. The van der Waals surface area contributed by atoms with Crippen LogP contribution in [0.25, 0.3) is 5.69 Å². The number of nitrogens with one attached hydrogen (secondary N) is 1. The first-order valence-electron chi connectivity index (χ1n) is 7.80. The second-order valence-electron chi connectivity index (χ2n) is 5.99. The normalized spacial score (nSPS) is 19.8. The van der Waals surface area contributed by atoms with Gasteiger partial charge in [0.1, 0.15) is 5.82 Å². The van der Waals surface area contributed by atoms with E-state index >= 15 is 0 Å². The minimum Gasteiger partial charge on any atom is -0.481 e. The fourth-order valence-corrected chi connectivity index (χ4v) is 3.24. The van der Waals surface area contributed by atoms with Crippen LogP contribution < -0.4 is 5.32 Å². The molecule has 1 aromatic carbocycles. The van der Waals surface area contributed by atoms with Gasteiger partial charge in [0, 0.05) is 6.04 Å². The van der Waals surface area contributed by atoms with Gasteiger partial charge in [0.05, 0.1) is 22.3 Å². The van der Waals surface area contributed by atoms with Crippen molar-refractivity contribution in [3.05, 3.63) is 40.4 Å². The van der Waals surface area contributed by atoms with Gasteiger partial charge in [0.2, 0.25) is 0 Å². The van der Waals surface area contributed by atoms with Gasteiger partial charge in [0.15, 0.2) is 5.69 Å². The molecule has 2 aromatic rings. The monoisotopic (exact) mass is 366 g/mol. The molecular formula is C16H16ClFN4O3. The number of carboxylic acids is 1. The zero-order chi connectivity index (χ0) is 18.1. The molecule has 7 nitrogen and oxygen atoms in total. The number of hydrogen-bond donors (Lipinski definition) is 2. The summed E-state index contributed by atoms with van der Waals surface area (Å²) >= 11 is 5.77. The fourth-order valence-electron chi connectivity index (χ4n) is 3.07. The number of amides is 1. The summed E-state index contributed by atoms with van der Waals surface area (Å²) in [7, 11) is 0. The molecule has 1 aromatic heterocycles. The first kappa shape index (κ1) is 17.3. The van der Waals surface area contributed by atoms with Crippen molar-refractivity contribution in [2.45, 2.75) is 32.2 Å². The van der Waals surface area contributed by atoms with E-state index in [0.29, 0.717) is 24.2 Å². The summed E-state index contributed by atoms with van der Waals surface area (Å²) < 4.78 is 14.7. The minimum absolute atomic E-state index is 0.0614. The average Bonchev–Trinajstić information content (AvgIpc) is 3.16. The maximum absolute atomic E-state index is 13.3. The lowest BCUT2D eigenvalue weighted by molar-refractivity contribution is -0.142. The van der Waals surface area contributed by atoms with Crippen molar-refractivity contribution in [1.82, 2.24) is 20.3 Å². The lowest BCUT2D eigenvalue weighted by Gasteiger charge is -2.16. The molecule has 1 amide bonds. The van der Waals surface area contributed by atoms with Crippen LogP contribution in [0.5, 0.6) is 0 Å². The summed E-state index contributed by atoms with van der Waals surface area (Å²) in [5, 5.41) is 19.7. The van der Waals surface area contributed by atoms with Crippen molar-refractivity contribution in [3.63, 3.8) is 0 Å². The van der Waals surface area contributed by atoms with Gasteiger partial charge in [-0.25, -0.2) is 9.07 Å². The highest BCUT2D eigenvalue weighted by Gasteiger charge is 2.34. The van der Waals surface area contributed by atoms with E-state index in [-0.39, 0.29) is 10.7 Å². The summed E-state index contributed by atoms with van der Waals surface area (Å²) in [6, 6.07) is 3.64. The molecular weight excluding hydrogens is 351 g/mol. The SMILES string of the molecule is Cc1c(C(=O)N[C@@H]2CCC[C@@H]2C(=O)O)nnn1-c1ccc(F)c(Cl)c1. The molecule has 0 spiro atoms. The Kier molecular flexibility index (Phi) is 4.71. The largest absolute Gasteiger partial charge is 0.481 e.